The van der Waals surface area contributed by atoms with Crippen molar-refractivity contribution in [3.05, 3.63) is 65.2 Å². The van der Waals surface area contributed by atoms with Crippen LogP contribution >= 0.6 is 0 Å². The van der Waals surface area contributed by atoms with E-state index in [-0.39, 0.29) is 24.3 Å². The molecule has 216 valence electrons. The summed E-state index contributed by atoms with van der Waals surface area (Å²) in [7, 11) is 0. The topological polar surface area (TPSA) is 104 Å². The summed E-state index contributed by atoms with van der Waals surface area (Å²) in [6.07, 6.45) is 3.06. The van der Waals surface area contributed by atoms with Crippen LogP contribution < -0.4 is 15.0 Å². The van der Waals surface area contributed by atoms with Gasteiger partial charge in [-0.15, -0.1) is 0 Å². The molecule has 0 spiro atoms. The number of rotatable bonds is 6. The normalized spacial score (nSPS) is 27.3. The van der Waals surface area contributed by atoms with Crippen molar-refractivity contribution in [1.29, 1.82) is 0 Å². The van der Waals surface area contributed by atoms with Gasteiger partial charge in [0.2, 0.25) is 11.8 Å². The van der Waals surface area contributed by atoms with Gasteiger partial charge < -0.3 is 19.3 Å². The zero-order valence-corrected chi connectivity index (χ0v) is 23.3. The Balaban J connectivity index is 0.886. The Hall–Kier alpha value is -4.02. The van der Waals surface area contributed by atoms with Gasteiger partial charge in [-0.25, -0.2) is 4.98 Å². The van der Waals surface area contributed by atoms with Crippen molar-refractivity contribution in [3.63, 3.8) is 0 Å². The first-order valence-corrected chi connectivity index (χ1v) is 14.9. The first-order chi connectivity index (χ1) is 20.5. The van der Waals surface area contributed by atoms with Gasteiger partial charge in [0.25, 0.3) is 5.91 Å². The third kappa shape index (κ3) is 4.59. The number of aromatic nitrogens is 1. The zero-order chi connectivity index (χ0) is 28.4. The molecule has 4 saturated heterocycles. The summed E-state index contributed by atoms with van der Waals surface area (Å²) >= 11 is 0. The SMILES string of the molecule is O=C1CCC(N2Cc3cc(OC4CCN(Cc5ccc6nc(N7C[C@@H]8C[C@H]7CO8)ccc6c5)C4)ccc3C2=O)C(=O)N1. The van der Waals surface area contributed by atoms with Crippen molar-refractivity contribution in [3.8, 4) is 5.75 Å². The van der Waals surface area contributed by atoms with E-state index < -0.39 is 11.9 Å². The number of amides is 3. The molecule has 4 fully saturated rings. The molecule has 10 heteroatoms. The first kappa shape index (κ1) is 25.7. The molecule has 2 bridgehead atoms. The molecular weight excluding hydrogens is 534 g/mol. The standard InChI is InChI=1S/C32H33N5O5/c38-30-8-6-28(31(39)34-30)37-15-21-12-23(3-4-26(21)32(37)40)42-24-9-10-35(16-24)14-19-1-5-27-20(11-19)2-7-29(33-27)36-17-25-13-22(36)18-41-25/h1-5,7,11-12,22,24-25,28H,6,8-10,13-18H2,(H,34,38,39)/t22-,24?,25-,28?/m0/s1. The first-order valence-electron chi connectivity index (χ1n) is 14.9. The van der Waals surface area contributed by atoms with Crippen LogP contribution in [-0.4, -0.2) is 83.0 Å². The fourth-order valence-corrected chi connectivity index (χ4v) is 7.21. The van der Waals surface area contributed by atoms with E-state index in [1.807, 2.05) is 12.1 Å². The molecular formula is C32H33N5O5. The van der Waals surface area contributed by atoms with Crippen LogP contribution in [-0.2, 0) is 27.4 Å². The van der Waals surface area contributed by atoms with Crippen LogP contribution in [0.15, 0.2) is 48.5 Å². The summed E-state index contributed by atoms with van der Waals surface area (Å²) in [4.78, 5) is 48.2. The maximum absolute atomic E-state index is 13.0. The van der Waals surface area contributed by atoms with Gasteiger partial charge >= 0.3 is 0 Å². The Bertz CT molecular complexity index is 1610. The number of likely N-dealkylation sites (tertiary alicyclic amines) is 1. The maximum atomic E-state index is 13.0. The van der Waals surface area contributed by atoms with Gasteiger partial charge in [0.15, 0.2) is 0 Å². The van der Waals surface area contributed by atoms with Crippen LogP contribution in [0.2, 0.25) is 0 Å². The Labute approximate surface area is 243 Å². The van der Waals surface area contributed by atoms with Crippen molar-refractivity contribution >= 4 is 34.4 Å². The molecule has 5 aliphatic heterocycles. The minimum atomic E-state index is -0.612. The quantitative estimate of drug-likeness (QED) is 0.454. The average molecular weight is 568 g/mol. The van der Waals surface area contributed by atoms with E-state index in [1.54, 1.807) is 11.0 Å². The number of imide groups is 1. The number of morpholine rings is 1. The average Bonchev–Trinajstić information content (AvgIpc) is 3.78. The second-order valence-electron chi connectivity index (χ2n) is 12.2. The van der Waals surface area contributed by atoms with Gasteiger partial charge in [-0.2, -0.15) is 0 Å². The summed E-state index contributed by atoms with van der Waals surface area (Å²) in [5.74, 6) is 0.937. The molecule has 4 atom stereocenters. The van der Waals surface area contributed by atoms with E-state index in [9.17, 15) is 14.4 Å². The van der Waals surface area contributed by atoms with Crippen molar-refractivity contribution in [1.82, 2.24) is 20.1 Å². The number of fused-ring (bicyclic) bond motifs is 4. The third-order valence-corrected chi connectivity index (χ3v) is 9.37. The number of carbonyl (C=O) groups excluding carboxylic acids is 3. The van der Waals surface area contributed by atoms with Crippen molar-refractivity contribution in [2.45, 2.75) is 63.1 Å². The Morgan fingerprint density at radius 3 is 2.76 bits per heavy atom. The summed E-state index contributed by atoms with van der Waals surface area (Å²) in [6.45, 7) is 4.72. The van der Waals surface area contributed by atoms with Gasteiger partial charge in [0, 0.05) is 50.1 Å². The second kappa shape index (κ2) is 10.1. The number of ether oxygens (including phenoxy) is 2. The molecule has 10 nitrogen and oxygen atoms in total. The van der Waals surface area contributed by atoms with Crippen LogP contribution in [0.1, 0.15) is 47.2 Å². The number of nitrogens with zero attached hydrogens (tertiary/aromatic N) is 4. The van der Waals surface area contributed by atoms with Crippen molar-refractivity contribution < 1.29 is 23.9 Å². The Morgan fingerprint density at radius 2 is 1.93 bits per heavy atom. The van der Waals surface area contributed by atoms with Crippen LogP contribution in [0.4, 0.5) is 5.82 Å². The van der Waals surface area contributed by atoms with Crippen LogP contribution in [0.5, 0.6) is 5.75 Å². The number of hydrogen-bond acceptors (Lipinski definition) is 8. The lowest BCUT2D eigenvalue weighted by atomic mass is 10.0. The minimum Gasteiger partial charge on any atom is -0.489 e. The number of pyridine rings is 1. The van der Waals surface area contributed by atoms with Crippen LogP contribution in [0.3, 0.4) is 0 Å². The molecule has 8 rings (SSSR count). The molecule has 2 unspecified atom stereocenters. The Morgan fingerprint density at radius 1 is 1.00 bits per heavy atom. The minimum absolute atomic E-state index is 0.0656. The second-order valence-corrected chi connectivity index (χ2v) is 12.2. The summed E-state index contributed by atoms with van der Waals surface area (Å²) in [6, 6.07) is 16.3. The molecule has 42 heavy (non-hydrogen) atoms. The lowest BCUT2D eigenvalue weighted by molar-refractivity contribution is -0.136. The molecule has 1 aromatic heterocycles. The number of hydrogen-bond donors (Lipinski definition) is 1. The van der Waals surface area contributed by atoms with E-state index >= 15 is 0 Å². The smallest absolute Gasteiger partial charge is 0.255 e. The van der Waals surface area contributed by atoms with Gasteiger partial charge in [0.05, 0.1) is 24.3 Å². The molecule has 2 aromatic carbocycles. The number of piperidine rings is 1. The van der Waals surface area contributed by atoms with Crippen LogP contribution in [0, 0.1) is 0 Å². The number of benzene rings is 2. The lowest BCUT2D eigenvalue weighted by Gasteiger charge is -2.29. The number of carbonyl (C=O) groups is 3. The van der Waals surface area contributed by atoms with E-state index in [4.69, 9.17) is 14.5 Å². The summed E-state index contributed by atoms with van der Waals surface area (Å²) in [5.41, 5.74) is 3.74. The maximum Gasteiger partial charge on any atom is 0.255 e. The molecule has 1 N–H and O–H groups in total. The molecule has 3 aromatic rings. The largest absolute Gasteiger partial charge is 0.489 e. The highest BCUT2D eigenvalue weighted by atomic mass is 16.5. The highest BCUT2D eigenvalue weighted by molar-refractivity contribution is 6.05. The van der Waals surface area contributed by atoms with E-state index in [1.165, 1.54) is 5.56 Å². The van der Waals surface area contributed by atoms with Gasteiger partial charge in [0.1, 0.15) is 23.7 Å². The zero-order valence-electron chi connectivity index (χ0n) is 23.3. The van der Waals surface area contributed by atoms with Gasteiger partial charge in [-0.05, 0) is 72.9 Å². The molecule has 5 aliphatic rings. The monoisotopic (exact) mass is 567 g/mol. The van der Waals surface area contributed by atoms with Crippen LogP contribution in [0.25, 0.3) is 10.9 Å². The highest BCUT2D eigenvalue weighted by Gasteiger charge is 2.40. The van der Waals surface area contributed by atoms with E-state index in [0.29, 0.717) is 30.7 Å². The van der Waals surface area contributed by atoms with E-state index in [2.05, 4.69) is 45.4 Å². The van der Waals surface area contributed by atoms with Gasteiger partial charge in [-0.1, -0.05) is 6.07 Å². The molecule has 6 heterocycles. The summed E-state index contributed by atoms with van der Waals surface area (Å²) < 4.78 is 12.1. The Kier molecular flexibility index (Phi) is 6.15. The highest BCUT2D eigenvalue weighted by Crippen LogP contribution is 2.33. The third-order valence-electron chi connectivity index (χ3n) is 9.37. The summed E-state index contributed by atoms with van der Waals surface area (Å²) in [5, 5.41) is 3.51. The predicted octanol–water partition coefficient (Wildman–Crippen LogP) is 2.63. The fraction of sp³-hybridized carbons (Fsp3) is 0.438. The fourth-order valence-electron chi connectivity index (χ4n) is 7.21. The molecule has 0 aliphatic carbocycles. The van der Waals surface area contributed by atoms with Crippen molar-refractivity contribution in [2.24, 2.45) is 0 Å². The van der Waals surface area contributed by atoms with Gasteiger partial charge in [-0.3, -0.25) is 24.6 Å². The number of nitrogens with one attached hydrogen (secondary N) is 1. The molecule has 0 saturated carbocycles. The lowest BCUT2D eigenvalue weighted by Crippen LogP contribution is -2.52. The predicted molar refractivity (Wildman–Crippen MR) is 154 cm³/mol. The molecule has 0 radical (unpaired) electrons. The molecule has 3 amide bonds. The van der Waals surface area contributed by atoms with E-state index in [0.717, 1.165) is 73.7 Å². The van der Waals surface area contributed by atoms with Crippen molar-refractivity contribution in [2.75, 3.05) is 31.1 Å². The number of anilines is 1.